The van der Waals surface area contributed by atoms with Crippen LogP contribution in [-0.2, 0) is 13.0 Å². The van der Waals surface area contributed by atoms with E-state index in [-0.39, 0.29) is 6.04 Å². The lowest BCUT2D eigenvalue weighted by molar-refractivity contribution is 0.276. The lowest BCUT2D eigenvalue weighted by Crippen LogP contribution is -2.36. The fourth-order valence-electron chi connectivity index (χ4n) is 3.89. The third-order valence-corrected chi connectivity index (χ3v) is 4.76. The number of hydrogen-bond acceptors (Lipinski definition) is 3. The van der Waals surface area contributed by atoms with Gasteiger partial charge >= 0.3 is 0 Å². The second kappa shape index (κ2) is 4.41. The van der Waals surface area contributed by atoms with Crippen molar-refractivity contribution in [2.24, 2.45) is 23.5 Å². The molecule has 3 rings (SSSR count). The van der Waals surface area contributed by atoms with Crippen LogP contribution >= 0.6 is 0 Å². The van der Waals surface area contributed by atoms with Gasteiger partial charge in [0, 0.05) is 19.0 Å². The maximum atomic E-state index is 6.40. The molecule has 4 heteroatoms. The fourth-order valence-corrected chi connectivity index (χ4v) is 3.89. The molecule has 0 amide bonds. The summed E-state index contributed by atoms with van der Waals surface area (Å²) in [4.78, 5) is 4.33. The minimum absolute atomic E-state index is 0.278. The Kier molecular flexibility index (Phi) is 2.90. The highest BCUT2D eigenvalue weighted by Gasteiger charge is 2.42. The first-order valence-electron chi connectivity index (χ1n) is 6.90. The van der Waals surface area contributed by atoms with Crippen LogP contribution in [0.3, 0.4) is 0 Å². The summed E-state index contributed by atoms with van der Waals surface area (Å²) in [6.45, 7) is 2.99. The Morgan fingerprint density at radius 3 is 3.00 bits per heavy atom. The molecule has 2 bridgehead atoms. The highest BCUT2D eigenvalue weighted by atomic mass is 15.3. The van der Waals surface area contributed by atoms with Crippen LogP contribution in [0.1, 0.15) is 38.4 Å². The molecule has 4 unspecified atom stereocenters. The average Bonchev–Trinajstić information content (AvgIpc) is 3.03. The molecule has 1 aromatic rings. The van der Waals surface area contributed by atoms with Crippen molar-refractivity contribution in [1.29, 1.82) is 0 Å². The third-order valence-electron chi connectivity index (χ3n) is 4.76. The van der Waals surface area contributed by atoms with Gasteiger partial charge in [-0.05, 0) is 43.9 Å². The molecular weight excluding hydrogens is 212 g/mol. The van der Waals surface area contributed by atoms with Gasteiger partial charge in [-0.1, -0.05) is 6.42 Å². The predicted octanol–water partition coefficient (Wildman–Crippen LogP) is 1.60. The van der Waals surface area contributed by atoms with E-state index in [1.54, 1.807) is 6.33 Å². The molecule has 17 heavy (non-hydrogen) atoms. The van der Waals surface area contributed by atoms with Crippen molar-refractivity contribution in [3.05, 3.63) is 12.2 Å². The van der Waals surface area contributed by atoms with Crippen LogP contribution < -0.4 is 5.73 Å². The van der Waals surface area contributed by atoms with Gasteiger partial charge in [0.15, 0.2) is 0 Å². The smallest absolute Gasteiger partial charge is 0.138 e. The monoisotopic (exact) mass is 234 g/mol. The quantitative estimate of drug-likeness (QED) is 0.861. The van der Waals surface area contributed by atoms with Crippen molar-refractivity contribution < 1.29 is 0 Å². The second-order valence-corrected chi connectivity index (χ2v) is 5.70. The van der Waals surface area contributed by atoms with E-state index in [0.29, 0.717) is 0 Å². The maximum absolute atomic E-state index is 6.40. The first kappa shape index (κ1) is 11.2. The van der Waals surface area contributed by atoms with E-state index >= 15 is 0 Å². The van der Waals surface area contributed by atoms with Gasteiger partial charge in [-0.3, -0.25) is 4.68 Å². The van der Waals surface area contributed by atoms with Crippen LogP contribution in [0, 0.1) is 17.8 Å². The van der Waals surface area contributed by atoms with Gasteiger partial charge in [-0.2, -0.15) is 5.10 Å². The summed E-state index contributed by atoms with van der Waals surface area (Å²) < 4.78 is 1.97. The van der Waals surface area contributed by atoms with Crippen molar-refractivity contribution in [3.8, 4) is 0 Å². The molecular formula is C13H22N4. The minimum Gasteiger partial charge on any atom is -0.327 e. The summed E-state index contributed by atoms with van der Waals surface area (Å²) in [7, 11) is 0. The summed E-state index contributed by atoms with van der Waals surface area (Å²) in [5, 5.41) is 4.21. The highest BCUT2D eigenvalue weighted by Crippen LogP contribution is 2.49. The first-order valence-corrected chi connectivity index (χ1v) is 6.90. The standard InChI is InChI=1S/C13H22N4/c1-2-17-13(15-8-16-17)7-12(14)11-6-9-3-4-10(11)5-9/h8-12H,2-7,14H2,1H3. The molecule has 2 fully saturated rings. The normalized spacial score (nSPS) is 33.2. The van der Waals surface area contributed by atoms with Crippen LogP contribution in [0.25, 0.3) is 0 Å². The molecule has 0 saturated heterocycles. The average molecular weight is 234 g/mol. The first-order chi connectivity index (χ1) is 8.28. The Morgan fingerprint density at radius 2 is 2.35 bits per heavy atom. The zero-order valence-corrected chi connectivity index (χ0v) is 10.5. The minimum atomic E-state index is 0.278. The van der Waals surface area contributed by atoms with E-state index in [0.717, 1.165) is 36.5 Å². The molecule has 4 atom stereocenters. The molecule has 4 nitrogen and oxygen atoms in total. The second-order valence-electron chi connectivity index (χ2n) is 5.70. The summed E-state index contributed by atoms with van der Waals surface area (Å²) in [6, 6.07) is 0.278. The number of aryl methyl sites for hydroxylation is 1. The van der Waals surface area contributed by atoms with E-state index in [1.165, 1.54) is 25.7 Å². The van der Waals surface area contributed by atoms with E-state index in [2.05, 4.69) is 17.0 Å². The van der Waals surface area contributed by atoms with Crippen LogP contribution in [0.15, 0.2) is 6.33 Å². The van der Waals surface area contributed by atoms with Crippen molar-refractivity contribution >= 4 is 0 Å². The molecule has 1 heterocycles. The Hall–Kier alpha value is -0.900. The highest BCUT2D eigenvalue weighted by molar-refractivity contribution is 4.98. The SMILES string of the molecule is CCn1ncnc1CC(N)C1CC2CCC1C2. The molecule has 1 aromatic heterocycles. The molecule has 2 aliphatic carbocycles. The zero-order valence-electron chi connectivity index (χ0n) is 10.5. The van der Waals surface area contributed by atoms with Crippen LogP contribution in [0.5, 0.6) is 0 Å². The van der Waals surface area contributed by atoms with Gasteiger partial charge in [0.2, 0.25) is 0 Å². The topological polar surface area (TPSA) is 56.7 Å². The summed E-state index contributed by atoms with van der Waals surface area (Å²) >= 11 is 0. The Morgan fingerprint density at radius 1 is 1.47 bits per heavy atom. The fraction of sp³-hybridized carbons (Fsp3) is 0.846. The molecule has 2 saturated carbocycles. The zero-order chi connectivity index (χ0) is 11.8. The van der Waals surface area contributed by atoms with E-state index < -0.39 is 0 Å². The summed E-state index contributed by atoms with van der Waals surface area (Å²) in [5.74, 6) is 3.66. The maximum Gasteiger partial charge on any atom is 0.138 e. The van der Waals surface area contributed by atoms with Crippen LogP contribution in [-0.4, -0.2) is 20.8 Å². The Labute approximate surface area is 103 Å². The lowest BCUT2D eigenvalue weighted by atomic mass is 9.82. The largest absolute Gasteiger partial charge is 0.327 e. The van der Waals surface area contributed by atoms with Crippen LogP contribution in [0.4, 0.5) is 0 Å². The molecule has 0 spiro atoms. The van der Waals surface area contributed by atoms with Gasteiger partial charge in [0.25, 0.3) is 0 Å². The van der Waals surface area contributed by atoms with Gasteiger partial charge in [-0.15, -0.1) is 0 Å². The number of nitrogens with zero attached hydrogens (tertiary/aromatic N) is 3. The number of hydrogen-bond donors (Lipinski definition) is 1. The molecule has 0 radical (unpaired) electrons. The van der Waals surface area contributed by atoms with Gasteiger partial charge < -0.3 is 5.73 Å². The lowest BCUT2D eigenvalue weighted by Gasteiger charge is -2.27. The Balaban J connectivity index is 1.65. The predicted molar refractivity (Wildman–Crippen MR) is 66.3 cm³/mol. The number of aromatic nitrogens is 3. The van der Waals surface area contributed by atoms with Crippen molar-refractivity contribution in [1.82, 2.24) is 14.8 Å². The van der Waals surface area contributed by atoms with Gasteiger partial charge in [-0.25, -0.2) is 4.98 Å². The summed E-state index contributed by atoms with van der Waals surface area (Å²) in [6.07, 6.45) is 8.17. The molecule has 0 aromatic carbocycles. The summed E-state index contributed by atoms with van der Waals surface area (Å²) in [5.41, 5.74) is 6.40. The third kappa shape index (κ3) is 1.99. The van der Waals surface area contributed by atoms with Crippen molar-refractivity contribution in [2.45, 2.75) is 51.6 Å². The van der Waals surface area contributed by atoms with E-state index in [9.17, 15) is 0 Å². The molecule has 0 aliphatic heterocycles. The number of nitrogens with two attached hydrogens (primary N) is 1. The van der Waals surface area contributed by atoms with Crippen molar-refractivity contribution in [2.75, 3.05) is 0 Å². The molecule has 2 aliphatic rings. The van der Waals surface area contributed by atoms with E-state index in [4.69, 9.17) is 5.73 Å². The number of fused-ring (bicyclic) bond motifs is 2. The van der Waals surface area contributed by atoms with Gasteiger partial charge in [0.1, 0.15) is 12.2 Å². The van der Waals surface area contributed by atoms with Gasteiger partial charge in [0.05, 0.1) is 0 Å². The van der Waals surface area contributed by atoms with Crippen LogP contribution in [0.2, 0.25) is 0 Å². The molecule has 2 N–H and O–H groups in total. The Bertz CT molecular complexity index is 387. The number of rotatable bonds is 4. The van der Waals surface area contributed by atoms with E-state index in [1.807, 2.05) is 4.68 Å². The molecule has 94 valence electrons. The van der Waals surface area contributed by atoms with Crippen molar-refractivity contribution in [3.63, 3.8) is 0 Å².